The molecule has 1 amide bonds. The summed E-state index contributed by atoms with van der Waals surface area (Å²) in [4.78, 5) is 15.9. The number of anilines is 1. The molecule has 28 heavy (non-hydrogen) atoms. The van der Waals surface area contributed by atoms with Crippen LogP contribution in [-0.4, -0.2) is 43.2 Å². The third kappa shape index (κ3) is 5.33. The first-order chi connectivity index (χ1) is 13.3. The highest BCUT2D eigenvalue weighted by Crippen LogP contribution is 2.25. The van der Waals surface area contributed by atoms with Crippen molar-refractivity contribution in [3.8, 4) is 11.4 Å². The number of carbonyl (C=O) groups is 1. The Labute approximate surface area is 165 Å². The van der Waals surface area contributed by atoms with Gasteiger partial charge in [-0.05, 0) is 46.8 Å². The van der Waals surface area contributed by atoms with E-state index in [-0.39, 0.29) is 27.7 Å². The van der Waals surface area contributed by atoms with Gasteiger partial charge in [-0.2, -0.15) is 4.68 Å². The van der Waals surface area contributed by atoms with Gasteiger partial charge in [-0.3, -0.25) is 4.79 Å². The van der Waals surface area contributed by atoms with Gasteiger partial charge in [0.25, 0.3) is 0 Å². The second-order valence-corrected chi connectivity index (χ2v) is 6.39. The van der Waals surface area contributed by atoms with Crippen LogP contribution in [0.3, 0.4) is 0 Å². The number of halogens is 4. The Morgan fingerprint density at radius 2 is 2.00 bits per heavy atom. The number of tetrazole rings is 1. The molecule has 0 aliphatic rings. The van der Waals surface area contributed by atoms with E-state index < -0.39 is 6.36 Å². The Hall–Kier alpha value is -2.86. The van der Waals surface area contributed by atoms with Gasteiger partial charge in [-0.25, -0.2) is 4.98 Å². The van der Waals surface area contributed by atoms with Crippen LogP contribution in [0.4, 0.5) is 18.9 Å². The average molecular weight is 431 g/mol. The number of amides is 1. The quantitative estimate of drug-likeness (QED) is 0.473. The number of benzene rings is 1. The maximum atomic E-state index is 12.2. The van der Waals surface area contributed by atoms with Crippen LogP contribution in [0.1, 0.15) is 0 Å². The van der Waals surface area contributed by atoms with Gasteiger partial charge in [0.1, 0.15) is 5.75 Å². The van der Waals surface area contributed by atoms with Crippen LogP contribution in [0.5, 0.6) is 5.75 Å². The predicted molar refractivity (Wildman–Crippen MR) is 94.4 cm³/mol. The first-order valence-electron chi connectivity index (χ1n) is 7.49. The van der Waals surface area contributed by atoms with Gasteiger partial charge < -0.3 is 10.1 Å². The number of rotatable bonds is 6. The standard InChI is InChI=1S/C15H10ClF3N6O2S/c16-13-11(2-1-7-20-13)21-12(26)8-28-14-22-23-24-25(14)9-3-5-10(6-4-9)27-15(17,18)19/h1-7H,8H2,(H,21,26). The van der Waals surface area contributed by atoms with Gasteiger partial charge in [0.15, 0.2) is 5.15 Å². The average Bonchev–Trinajstić information content (AvgIpc) is 3.10. The lowest BCUT2D eigenvalue weighted by Crippen LogP contribution is -2.17. The monoisotopic (exact) mass is 430 g/mol. The lowest BCUT2D eigenvalue weighted by Gasteiger charge is -2.09. The van der Waals surface area contributed by atoms with Crippen molar-refractivity contribution in [3.05, 3.63) is 47.7 Å². The molecule has 0 aliphatic carbocycles. The molecule has 8 nitrogen and oxygen atoms in total. The van der Waals surface area contributed by atoms with Crippen molar-refractivity contribution in [2.24, 2.45) is 0 Å². The summed E-state index contributed by atoms with van der Waals surface area (Å²) in [6, 6.07) is 8.22. The molecule has 2 heterocycles. The highest BCUT2D eigenvalue weighted by Gasteiger charge is 2.31. The van der Waals surface area contributed by atoms with E-state index in [1.54, 1.807) is 12.1 Å². The Bertz CT molecular complexity index is 967. The second kappa shape index (κ2) is 8.44. The predicted octanol–water partition coefficient (Wildman–Crippen LogP) is 3.34. The lowest BCUT2D eigenvalue weighted by atomic mass is 10.3. The summed E-state index contributed by atoms with van der Waals surface area (Å²) in [6.07, 6.45) is -3.28. The van der Waals surface area contributed by atoms with E-state index in [0.29, 0.717) is 11.4 Å². The number of carbonyl (C=O) groups excluding carboxylic acids is 1. The van der Waals surface area contributed by atoms with Crippen molar-refractivity contribution in [2.45, 2.75) is 11.5 Å². The van der Waals surface area contributed by atoms with E-state index in [9.17, 15) is 18.0 Å². The molecule has 2 aromatic heterocycles. The highest BCUT2D eigenvalue weighted by atomic mass is 35.5. The third-order valence-corrected chi connectivity index (χ3v) is 4.34. The summed E-state index contributed by atoms with van der Waals surface area (Å²) < 4.78 is 41.8. The van der Waals surface area contributed by atoms with E-state index in [1.807, 2.05) is 0 Å². The van der Waals surface area contributed by atoms with Crippen molar-refractivity contribution in [1.29, 1.82) is 0 Å². The Morgan fingerprint density at radius 1 is 1.25 bits per heavy atom. The zero-order valence-corrected chi connectivity index (χ0v) is 15.3. The summed E-state index contributed by atoms with van der Waals surface area (Å²) in [7, 11) is 0. The summed E-state index contributed by atoms with van der Waals surface area (Å²) in [5.74, 6) is -0.754. The van der Waals surface area contributed by atoms with Crippen molar-refractivity contribution in [3.63, 3.8) is 0 Å². The summed E-state index contributed by atoms with van der Waals surface area (Å²) in [5.41, 5.74) is 0.771. The van der Waals surface area contributed by atoms with Crippen LogP contribution in [0, 0.1) is 0 Å². The molecule has 0 spiro atoms. The van der Waals surface area contributed by atoms with Gasteiger partial charge in [0, 0.05) is 6.20 Å². The summed E-state index contributed by atoms with van der Waals surface area (Å²) >= 11 is 6.91. The zero-order valence-electron chi connectivity index (χ0n) is 13.7. The summed E-state index contributed by atoms with van der Waals surface area (Å²) in [5, 5.41) is 14.1. The van der Waals surface area contributed by atoms with Gasteiger partial charge in [-0.1, -0.05) is 23.4 Å². The number of hydrogen-bond donors (Lipinski definition) is 1. The molecule has 0 radical (unpaired) electrons. The van der Waals surface area contributed by atoms with E-state index in [0.717, 1.165) is 23.9 Å². The highest BCUT2D eigenvalue weighted by molar-refractivity contribution is 7.99. The Balaban J connectivity index is 1.64. The van der Waals surface area contributed by atoms with Crippen LogP contribution in [0.25, 0.3) is 5.69 Å². The zero-order chi connectivity index (χ0) is 20.1. The van der Waals surface area contributed by atoms with E-state index in [4.69, 9.17) is 11.6 Å². The minimum Gasteiger partial charge on any atom is -0.406 e. The Morgan fingerprint density at radius 3 is 2.68 bits per heavy atom. The number of thioether (sulfide) groups is 1. The number of nitrogens with zero attached hydrogens (tertiary/aromatic N) is 5. The lowest BCUT2D eigenvalue weighted by molar-refractivity contribution is -0.274. The fourth-order valence-electron chi connectivity index (χ4n) is 2.02. The van der Waals surface area contributed by atoms with Gasteiger partial charge in [0.2, 0.25) is 11.1 Å². The van der Waals surface area contributed by atoms with Crippen LogP contribution < -0.4 is 10.1 Å². The fourth-order valence-corrected chi connectivity index (χ4v) is 2.87. The van der Waals surface area contributed by atoms with E-state index >= 15 is 0 Å². The molecule has 1 aromatic carbocycles. The maximum absolute atomic E-state index is 12.2. The van der Waals surface area contributed by atoms with Crippen LogP contribution in [0.15, 0.2) is 47.8 Å². The van der Waals surface area contributed by atoms with Crippen molar-refractivity contribution in [1.82, 2.24) is 25.2 Å². The molecular formula is C15H10ClF3N6O2S. The molecule has 0 bridgehead atoms. The number of alkyl halides is 3. The van der Waals surface area contributed by atoms with Crippen LogP contribution in [0.2, 0.25) is 5.15 Å². The molecule has 3 aromatic rings. The molecule has 0 saturated carbocycles. The molecule has 0 saturated heterocycles. The number of hydrogen-bond acceptors (Lipinski definition) is 7. The van der Waals surface area contributed by atoms with E-state index in [1.165, 1.54) is 23.0 Å². The van der Waals surface area contributed by atoms with Crippen molar-refractivity contribution in [2.75, 3.05) is 11.1 Å². The molecule has 0 fully saturated rings. The second-order valence-electron chi connectivity index (χ2n) is 5.09. The number of pyridine rings is 1. The van der Waals surface area contributed by atoms with Crippen LogP contribution >= 0.6 is 23.4 Å². The molecule has 1 N–H and O–H groups in total. The normalized spacial score (nSPS) is 11.3. The first kappa shape index (κ1) is 19.9. The molecular weight excluding hydrogens is 421 g/mol. The third-order valence-electron chi connectivity index (χ3n) is 3.12. The molecule has 3 rings (SSSR count). The Kier molecular flexibility index (Phi) is 5.99. The first-order valence-corrected chi connectivity index (χ1v) is 8.86. The topological polar surface area (TPSA) is 94.8 Å². The summed E-state index contributed by atoms with van der Waals surface area (Å²) in [6.45, 7) is 0. The smallest absolute Gasteiger partial charge is 0.406 e. The molecule has 13 heteroatoms. The maximum Gasteiger partial charge on any atom is 0.573 e. The molecule has 0 unspecified atom stereocenters. The van der Waals surface area contributed by atoms with Gasteiger partial charge in [-0.15, -0.1) is 18.3 Å². The number of aromatic nitrogens is 5. The largest absolute Gasteiger partial charge is 0.573 e. The SMILES string of the molecule is O=C(CSc1nnnn1-c1ccc(OC(F)(F)F)cc1)Nc1cccnc1Cl. The van der Waals surface area contributed by atoms with E-state index in [2.05, 4.69) is 30.6 Å². The van der Waals surface area contributed by atoms with Gasteiger partial charge in [0.05, 0.1) is 17.1 Å². The fraction of sp³-hybridized carbons (Fsp3) is 0.133. The van der Waals surface area contributed by atoms with Crippen LogP contribution in [-0.2, 0) is 4.79 Å². The minimum absolute atomic E-state index is 0.0269. The van der Waals surface area contributed by atoms with Gasteiger partial charge >= 0.3 is 6.36 Å². The molecule has 0 aliphatic heterocycles. The number of ether oxygens (including phenoxy) is 1. The van der Waals surface area contributed by atoms with Crippen molar-refractivity contribution >= 4 is 35.0 Å². The molecule has 146 valence electrons. The molecule has 0 atom stereocenters. The minimum atomic E-state index is -4.78. The number of nitrogens with one attached hydrogen (secondary N) is 1. The van der Waals surface area contributed by atoms with Crippen molar-refractivity contribution < 1.29 is 22.7 Å².